The van der Waals surface area contributed by atoms with Crippen LogP contribution in [0.1, 0.15) is 36.0 Å². The van der Waals surface area contributed by atoms with E-state index in [0.717, 1.165) is 64.5 Å². The van der Waals surface area contributed by atoms with Crippen LogP contribution in [0.3, 0.4) is 0 Å². The lowest BCUT2D eigenvalue weighted by Crippen LogP contribution is -2.49. The number of hydrogen-bond donors (Lipinski definition) is 1. The maximum atomic E-state index is 13.8. The molecule has 2 aliphatic heterocycles. The number of carbonyl (C=O) groups excluding carboxylic acids is 1. The smallest absolute Gasteiger partial charge is 0.231 e. The molecule has 3 heterocycles. The third-order valence-electron chi connectivity index (χ3n) is 7.83. The first-order valence-corrected chi connectivity index (χ1v) is 13.3. The Morgan fingerprint density at radius 1 is 0.974 bits per heavy atom. The lowest BCUT2D eigenvalue weighted by atomic mass is 9.86. The molecule has 1 atom stereocenters. The summed E-state index contributed by atoms with van der Waals surface area (Å²) in [6, 6.07) is 20.4. The van der Waals surface area contributed by atoms with Crippen molar-refractivity contribution in [2.75, 3.05) is 45.0 Å². The van der Waals surface area contributed by atoms with Crippen molar-refractivity contribution in [2.45, 2.75) is 25.7 Å². The average molecular weight is 512 g/mol. The number of nitrogens with zero attached hydrogens (tertiary/aromatic N) is 2. The molecule has 2 aliphatic rings. The van der Waals surface area contributed by atoms with Gasteiger partial charge >= 0.3 is 0 Å². The normalized spacial score (nSPS) is 15.6. The maximum Gasteiger partial charge on any atom is 0.231 e. The van der Waals surface area contributed by atoms with Crippen LogP contribution >= 0.6 is 0 Å². The van der Waals surface area contributed by atoms with Gasteiger partial charge in [-0.15, -0.1) is 0 Å². The summed E-state index contributed by atoms with van der Waals surface area (Å²) >= 11 is 0. The van der Waals surface area contributed by atoms with E-state index in [-0.39, 0.29) is 18.6 Å². The molecule has 0 bridgehead atoms. The van der Waals surface area contributed by atoms with Gasteiger partial charge in [0.1, 0.15) is 5.75 Å². The van der Waals surface area contributed by atoms with Crippen molar-refractivity contribution in [3.05, 3.63) is 83.6 Å². The van der Waals surface area contributed by atoms with Crippen LogP contribution < -0.4 is 19.1 Å². The lowest BCUT2D eigenvalue weighted by molar-refractivity contribution is -0.131. The molecular formula is C31H33N3O4. The summed E-state index contributed by atoms with van der Waals surface area (Å²) in [5.74, 6) is 2.32. The number of aromatic amines is 1. The average Bonchev–Trinajstić information content (AvgIpc) is 3.63. The van der Waals surface area contributed by atoms with Gasteiger partial charge in [-0.3, -0.25) is 4.79 Å². The van der Waals surface area contributed by atoms with Crippen molar-refractivity contribution >= 4 is 22.5 Å². The van der Waals surface area contributed by atoms with Crippen LogP contribution in [-0.4, -0.2) is 55.9 Å². The number of ether oxygens (including phenoxy) is 3. The van der Waals surface area contributed by atoms with E-state index in [1.165, 1.54) is 5.56 Å². The number of amides is 1. The van der Waals surface area contributed by atoms with E-state index in [4.69, 9.17) is 14.2 Å². The summed E-state index contributed by atoms with van der Waals surface area (Å²) in [5.41, 5.74) is 5.58. The number of rotatable bonds is 7. The highest BCUT2D eigenvalue weighted by Gasteiger charge is 2.31. The van der Waals surface area contributed by atoms with Gasteiger partial charge in [-0.1, -0.05) is 49.4 Å². The van der Waals surface area contributed by atoms with Gasteiger partial charge < -0.3 is 29.0 Å². The minimum absolute atomic E-state index is 0.146. The van der Waals surface area contributed by atoms with E-state index in [1.54, 1.807) is 7.11 Å². The number of nitrogens with one attached hydrogen (secondary N) is 1. The zero-order chi connectivity index (χ0) is 26.1. The van der Waals surface area contributed by atoms with Crippen molar-refractivity contribution in [1.29, 1.82) is 0 Å². The molecule has 0 spiro atoms. The van der Waals surface area contributed by atoms with Gasteiger partial charge in [0, 0.05) is 61.2 Å². The van der Waals surface area contributed by atoms with Crippen molar-refractivity contribution in [3.63, 3.8) is 0 Å². The Labute approximate surface area is 222 Å². The summed E-state index contributed by atoms with van der Waals surface area (Å²) in [4.78, 5) is 21.6. The zero-order valence-corrected chi connectivity index (χ0v) is 21.9. The number of piperazine rings is 1. The first-order chi connectivity index (χ1) is 18.7. The molecule has 1 saturated heterocycles. The Morgan fingerprint density at radius 3 is 2.61 bits per heavy atom. The van der Waals surface area contributed by atoms with Crippen molar-refractivity contribution in [2.24, 2.45) is 0 Å². The van der Waals surface area contributed by atoms with Crippen molar-refractivity contribution in [1.82, 2.24) is 9.88 Å². The molecule has 1 amide bonds. The second-order valence-electron chi connectivity index (χ2n) is 9.81. The van der Waals surface area contributed by atoms with Crippen molar-refractivity contribution in [3.8, 4) is 17.2 Å². The SMILES string of the molecule is CCc1cccc2c([C@@H](CC(=O)N3CCN(c4ccccc4OC)CC3)c3cccc4c3OCO4)c[nH]c12. The second kappa shape index (κ2) is 10.3. The molecule has 1 aromatic heterocycles. The summed E-state index contributed by atoms with van der Waals surface area (Å²) in [7, 11) is 1.70. The molecule has 7 heteroatoms. The van der Waals surface area contributed by atoms with E-state index in [2.05, 4.69) is 53.3 Å². The van der Waals surface area contributed by atoms with Crippen LogP contribution in [0, 0.1) is 0 Å². The van der Waals surface area contributed by atoms with E-state index >= 15 is 0 Å². The van der Waals surface area contributed by atoms with Gasteiger partial charge in [-0.2, -0.15) is 0 Å². The number of para-hydroxylation sites is 4. The fraction of sp³-hybridized carbons (Fsp3) is 0.323. The van der Waals surface area contributed by atoms with Crippen LogP contribution in [0.5, 0.6) is 17.2 Å². The molecule has 1 fully saturated rings. The first kappa shape index (κ1) is 24.2. The molecule has 0 saturated carbocycles. The molecule has 1 N–H and O–H groups in total. The van der Waals surface area contributed by atoms with E-state index in [9.17, 15) is 4.79 Å². The highest BCUT2D eigenvalue weighted by molar-refractivity contribution is 5.88. The number of carbonyl (C=O) groups is 1. The Hall–Kier alpha value is -4.13. The second-order valence-corrected chi connectivity index (χ2v) is 9.81. The van der Waals surface area contributed by atoms with E-state index < -0.39 is 0 Å². The Kier molecular flexibility index (Phi) is 6.58. The van der Waals surface area contributed by atoms with Crippen LogP contribution in [0.15, 0.2) is 66.9 Å². The van der Waals surface area contributed by atoms with Crippen LogP contribution in [0.4, 0.5) is 5.69 Å². The van der Waals surface area contributed by atoms with Gasteiger partial charge in [0.2, 0.25) is 12.7 Å². The predicted octanol–water partition coefficient (Wildman–Crippen LogP) is 5.34. The Morgan fingerprint density at radius 2 is 1.79 bits per heavy atom. The van der Waals surface area contributed by atoms with Gasteiger partial charge in [-0.25, -0.2) is 0 Å². The van der Waals surface area contributed by atoms with E-state index in [0.29, 0.717) is 19.5 Å². The standard InChI is InChI=1S/C31H33N3O4/c1-3-21-8-6-9-22-25(19-32-30(21)22)24(23-10-7-13-28-31(23)38-20-37-28)18-29(35)34-16-14-33(15-17-34)26-11-4-5-12-27(26)36-2/h4-13,19,24,32H,3,14-18,20H2,1-2H3/t24-/m0/s1. The topological polar surface area (TPSA) is 67.0 Å². The van der Waals surface area contributed by atoms with Gasteiger partial charge in [0.05, 0.1) is 12.8 Å². The van der Waals surface area contributed by atoms with Crippen molar-refractivity contribution < 1.29 is 19.0 Å². The predicted molar refractivity (Wildman–Crippen MR) is 148 cm³/mol. The molecule has 4 aromatic rings. The number of fused-ring (bicyclic) bond motifs is 2. The number of H-pyrrole nitrogens is 1. The Bertz CT molecular complexity index is 1450. The van der Waals surface area contributed by atoms with Gasteiger partial charge in [0.25, 0.3) is 0 Å². The minimum Gasteiger partial charge on any atom is -0.495 e. The molecule has 3 aromatic carbocycles. The molecule has 196 valence electrons. The Balaban J connectivity index is 1.28. The van der Waals surface area contributed by atoms with Gasteiger partial charge in [0.15, 0.2) is 11.5 Å². The molecule has 0 radical (unpaired) electrons. The number of aromatic nitrogens is 1. The molecule has 38 heavy (non-hydrogen) atoms. The molecule has 0 aliphatic carbocycles. The van der Waals surface area contributed by atoms with E-state index in [1.807, 2.05) is 35.2 Å². The van der Waals surface area contributed by atoms with Crippen LogP contribution in [0.25, 0.3) is 10.9 Å². The monoisotopic (exact) mass is 511 g/mol. The summed E-state index contributed by atoms with van der Waals surface area (Å²) < 4.78 is 17.1. The third-order valence-corrected chi connectivity index (χ3v) is 7.83. The number of hydrogen-bond acceptors (Lipinski definition) is 5. The number of benzene rings is 3. The van der Waals surface area contributed by atoms with Crippen LogP contribution in [-0.2, 0) is 11.2 Å². The quantitative estimate of drug-likeness (QED) is 0.363. The fourth-order valence-corrected chi connectivity index (χ4v) is 5.83. The van der Waals surface area contributed by atoms with Crippen LogP contribution in [0.2, 0.25) is 0 Å². The molecular weight excluding hydrogens is 478 g/mol. The highest BCUT2D eigenvalue weighted by Crippen LogP contribution is 2.44. The number of aryl methyl sites for hydroxylation is 1. The molecule has 0 unspecified atom stereocenters. The summed E-state index contributed by atoms with van der Waals surface area (Å²) in [5, 5.41) is 1.15. The summed E-state index contributed by atoms with van der Waals surface area (Å²) in [6.45, 7) is 5.23. The minimum atomic E-state index is -0.160. The largest absolute Gasteiger partial charge is 0.495 e. The first-order valence-electron chi connectivity index (χ1n) is 13.3. The lowest BCUT2D eigenvalue weighted by Gasteiger charge is -2.37. The maximum absolute atomic E-state index is 13.8. The zero-order valence-electron chi connectivity index (χ0n) is 21.9. The fourth-order valence-electron chi connectivity index (χ4n) is 5.83. The third kappa shape index (κ3) is 4.32. The summed E-state index contributed by atoms with van der Waals surface area (Å²) in [6.07, 6.45) is 3.36. The number of anilines is 1. The molecule has 6 rings (SSSR count). The van der Waals surface area contributed by atoms with Gasteiger partial charge in [-0.05, 0) is 35.7 Å². The molecule has 7 nitrogen and oxygen atoms in total. The number of methoxy groups -OCH3 is 1. The highest BCUT2D eigenvalue weighted by atomic mass is 16.7.